The number of carbonyl (C=O) groups is 3. The number of fused-ring (bicyclic) bond motifs is 1. The van der Waals surface area contributed by atoms with Crippen molar-refractivity contribution in [3.05, 3.63) is 63.7 Å². The predicted molar refractivity (Wildman–Crippen MR) is 133 cm³/mol. The average Bonchev–Trinajstić information content (AvgIpc) is 3.00. The maximum Gasteiger partial charge on any atom is 0.410 e. The fourth-order valence-corrected chi connectivity index (χ4v) is 4.97. The maximum absolute atomic E-state index is 12.8. The lowest BCUT2D eigenvalue weighted by molar-refractivity contribution is -0.147. The highest BCUT2D eigenvalue weighted by atomic mass is 35.5. The van der Waals surface area contributed by atoms with Gasteiger partial charge in [-0.15, -0.1) is 0 Å². The molecule has 9 heteroatoms. The lowest BCUT2D eigenvalue weighted by Crippen LogP contribution is -2.49. The van der Waals surface area contributed by atoms with E-state index in [0.29, 0.717) is 37.5 Å². The van der Waals surface area contributed by atoms with Crippen molar-refractivity contribution in [3.63, 3.8) is 0 Å². The molecule has 0 aromatic heterocycles. The molecule has 1 unspecified atom stereocenters. The molecule has 1 fully saturated rings. The summed E-state index contributed by atoms with van der Waals surface area (Å²) in [6.45, 7) is 5.09. The Morgan fingerprint density at radius 2 is 1.83 bits per heavy atom. The maximum atomic E-state index is 12.8. The second kappa shape index (κ2) is 10.7. The molecule has 2 aromatic rings. The number of nitrogens with zero attached hydrogens (tertiary/aromatic N) is 1. The number of nitrogens with one attached hydrogen (secondary N) is 2. The summed E-state index contributed by atoms with van der Waals surface area (Å²) in [4.78, 5) is 38.9. The SMILES string of the molecule is Cc1cc(C[C@@H](OC(=O)N2CCC(C3NCc4ccccc4NC3=O)CC2)C(=O)O)cc(C)c1Cl. The molecule has 8 nitrogen and oxygen atoms in total. The standard InChI is InChI=1S/C26H30ClN3O5/c1-15-11-17(12-16(2)22(15)27)13-21(25(32)33)35-26(34)30-9-7-18(8-10-30)23-24(31)29-20-6-4-3-5-19(20)14-28-23/h3-6,11-12,18,21,23,28H,7-10,13-14H2,1-2H3,(H,29,31)(H,32,33)/t21-,23?/m1/s1. The molecule has 186 valence electrons. The average molecular weight is 500 g/mol. The van der Waals surface area contributed by atoms with E-state index in [0.717, 1.165) is 27.9 Å². The van der Waals surface area contributed by atoms with Crippen LogP contribution in [0.1, 0.15) is 35.1 Å². The van der Waals surface area contributed by atoms with Gasteiger partial charge in [-0.05, 0) is 60.9 Å². The van der Waals surface area contributed by atoms with E-state index in [1.54, 1.807) is 0 Å². The number of halogens is 1. The molecule has 0 aliphatic carbocycles. The third-order valence-corrected chi connectivity index (χ3v) is 7.37. The molecular formula is C26H30ClN3O5. The smallest absolute Gasteiger partial charge is 0.410 e. The molecule has 2 heterocycles. The van der Waals surface area contributed by atoms with Crippen LogP contribution in [0.5, 0.6) is 0 Å². The summed E-state index contributed by atoms with van der Waals surface area (Å²) >= 11 is 6.21. The fourth-order valence-electron chi connectivity index (χ4n) is 4.86. The first-order valence-corrected chi connectivity index (χ1v) is 12.2. The quantitative estimate of drug-likeness (QED) is 0.575. The zero-order valence-corrected chi connectivity index (χ0v) is 20.6. The highest BCUT2D eigenvalue weighted by Gasteiger charge is 2.35. The van der Waals surface area contributed by atoms with Crippen LogP contribution < -0.4 is 10.6 Å². The van der Waals surface area contributed by atoms with Gasteiger partial charge in [-0.3, -0.25) is 4.79 Å². The number of carbonyl (C=O) groups excluding carboxylic acids is 2. The number of ether oxygens (including phenoxy) is 1. The summed E-state index contributed by atoms with van der Waals surface area (Å²) in [6.07, 6.45) is -0.659. The number of para-hydroxylation sites is 1. The van der Waals surface area contributed by atoms with E-state index < -0.39 is 18.2 Å². The monoisotopic (exact) mass is 499 g/mol. The van der Waals surface area contributed by atoms with E-state index in [-0.39, 0.29) is 24.3 Å². The second-order valence-electron chi connectivity index (χ2n) is 9.29. The molecule has 3 N–H and O–H groups in total. The Kier molecular flexibility index (Phi) is 7.62. The molecule has 0 radical (unpaired) electrons. The molecule has 2 atom stereocenters. The van der Waals surface area contributed by atoms with Crippen molar-refractivity contribution in [3.8, 4) is 0 Å². The van der Waals surface area contributed by atoms with Crippen molar-refractivity contribution >= 4 is 35.3 Å². The summed E-state index contributed by atoms with van der Waals surface area (Å²) in [7, 11) is 0. The van der Waals surface area contributed by atoms with E-state index >= 15 is 0 Å². The van der Waals surface area contributed by atoms with Crippen LogP contribution in [0.3, 0.4) is 0 Å². The molecule has 2 amide bonds. The van der Waals surface area contributed by atoms with Crippen LogP contribution in [0.25, 0.3) is 0 Å². The summed E-state index contributed by atoms with van der Waals surface area (Å²) in [5, 5.41) is 16.6. The van der Waals surface area contributed by atoms with E-state index in [1.165, 1.54) is 4.90 Å². The Balaban J connectivity index is 1.33. The third kappa shape index (κ3) is 5.77. The molecule has 4 rings (SSSR count). The molecule has 35 heavy (non-hydrogen) atoms. The number of benzene rings is 2. The first-order valence-electron chi connectivity index (χ1n) is 11.8. The van der Waals surface area contributed by atoms with Crippen LogP contribution in [0, 0.1) is 19.8 Å². The van der Waals surface area contributed by atoms with Gasteiger partial charge in [-0.1, -0.05) is 41.9 Å². The summed E-state index contributed by atoms with van der Waals surface area (Å²) in [5.41, 5.74) is 4.29. The highest BCUT2D eigenvalue weighted by molar-refractivity contribution is 6.32. The topological polar surface area (TPSA) is 108 Å². The van der Waals surface area contributed by atoms with Crippen molar-refractivity contribution in [2.45, 2.75) is 51.8 Å². The Labute approximate surface area is 209 Å². The number of hydrogen-bond acceptors (Lipinski definition) is 5. The van der Waals surface area contributed by atoms with Crippen molar-refractivity contribution in [2.75, 3.05) is 18.4 Å². The van der Waals surface area contributed by atoms with Gasteiger partial charge >= 0.3 is 12.1 Å². The predicted octanol–water partition coefficient (Wildman–Crippen LogP) is 3.91. The number of carboxylic acid groups (broad SMARTS) is 1. The van der Waals surface area contributed by atoms with Crippen molar-refractivity contribution in [2.24, 2.45) is 5.92 Å². The molecule has 0 bridgehead atoms. The van der Waals surface area contributed by atoms with Crippen molar-refractivity contribution in [1.29, 1.82) is 0 Å². The van der Waals surface area contributed by atoms with Crippen molar-refractivity contribution < 1.29 is 24.2 Å². The number of rotatable bonds is 5. The summed E-state index contributed by atoms with van der Waals surface area (Å²) in [5.74, 6) is -1.21. The van der Waals surface area contributed by atoms with Gasteiger partial charge in [0.2, 0.25) is 12.0 Å². The van der Waals surface area contributed by atoms with Gasteiger partial charge in [0.15, 0.2) is 0 Å². The minimum atomic E-state index is -1.30. The molecule has 2 aliphatic rings. The minimum absolute atomic E-state index is 0.0586. The highest BCUT2D eigenvalue weighted by Crippen LogP contribution is 2.27. The van der Waals surface area contributed by atoms with Gasteiger partial charge in [0, 0.05) is 36.8 Å². The lowest BCUT2D eigenvalue weighted by Gasteiger charge is -2.35. The summed E-state index contributed by atoms with van der Waals surface area (Å²) < 4.78 is 5.39. The van der Waals surface area contributed by atoms with E-state index in [1.807, 2.05) is 50.2 Å². The Morgan fingerprint density at radius 1 is 1.17 bits per heavy atom. The minimum Gasteiger partial charge on any atom is -0.478 e. The van der Waals surface area contributed by atoms with Crippen LogP contribution in [-0.4, -0.2) is 53.2 Å². The molecule has 1 saturated heterocycles. The zero-order valence-electron chi connectivity index (χ0n) is 19.8. The third-order valence-electron chi connectivity index (χ3n) is 6.78. The van der Waals surface area contributed by atoms with Crippen molar-refractivity contribution in [1.82, 2.24) is 10.2 Å². The fraction of sp³-hybridized carbons (Fsp3) is 0.423. The summed E-state index contributed by atoms with van der Waals surface area (Å²) in [6, 6.07) is 11.0. The van der Waals surface area contributed by atoms with Crippen LogP contribution in [0.4, 0.5) is 10.5 Å². The molecule has 2 aromatic carbocycles. The second-order valence-corrected chi connectivity index (χ2v) is 9.67. The van der Waals surface area contributed by atoms with Crippen LogP contribution in [0.2, 0.25) is 5.02 Å². The Morgan fingerprint density at radius 3 is 2.49 bits per heavy atom. The Hall–Kier alpha value is -3.10. The van der Waals surface area contributed by atoms with Crippen LogP contribution in [-0.2, 0) is 27.3 Å². The number of aryl methyl sites for hydroxylation is 2. The van der Waals surface area contributed by atoms with E-state index in [9.17, 15) is 19.5 Å². The van der Waals surface area contributed by atoms with Gasteiger partial charge in [0.05, 0.1) is 6.04 Å². The number of hydrogen-bond donors (Lipinski definition) is 3. The first-order chi connectivity index (χ1) is 16.7. The first kappa shape index (κ1) is 25.0. The number of aliphatic carboxylic acids is 1. The number of likely N-dealkylation sites (tertiary alicyclic amines) is 1. The number of anilines is 1. The number of carboxylic acids is 1. The number of amides is 2. The largest absolute Gasteiger partial charge is 0.478 e. The van der Waals surface area contributed by atoms with Crippen LogP contribution >= 0.6 is 11.6 Å². The zero-order chi connectivity index (χ0) is 25.1. The van der Waals surface area contributed by atoms with E-state index in [2.05, 4.69) is 10.6 Å². The van der Waals surface area contributed by atoms with Crippen LogP contribution in [0.15, 0.2) is 36.4 Å². The number of piperidine rings is 1. The van der Waals surface area contributed by atoms with Gasteiger partial charge in [-0.2, -0.15) is 0 Å². The van der Waals surface area contributed by atoms with Gasteiger partial charge < -0.3 is 25.4 Å². The Bertz CT molecular complexity index is 1110. The lowest BCUT2D eigenvalue weighted by atomic mass is 9.89. The van der Waals surface area contributed by atoms with Gasteiger partial charge in [-0.25, -0.2) is 9.59 Å². The molecule has 0 spiro atoms. The molecule has 2 aliphatic heterocycles. The van der Waals surface area contributed by atoms with Gasteiger partial charge in [0.25, 0.3) is 0 Å². The van der Waals surface area contributed by atoms with Gasteiger partial charge in [0.1, 0.15) is 0 Å². The molecular weight excluding hydrogens is 470 g/mol. The molecule has 0 saturated carbocycles. The normalized spacial score (nSPS) is 19.3. The van der Waals surface area contributed by atoms with E-state index in [4.69, 9.17) is 16.3 Å².